The number of rotatable bonds is 4. The lowest BCUT2D eigenvalue weighted by molar-refractivity contribution is 0.747. The maximum Gasteiger partial charge on any atom is 0.160 e. The summed E-state index contributed by atoms with van der Waals surface area (Å²) in [5.41, 5.74) is 5.59. The minimum Gasteiger partial charge on any atom is -0.308 e. The van der Waals surface area contributed by atoms with Gasteiger partial charge in [0.25, 0.3) is 0 Å². The SMILES string of the molecule is Cc1ccc(Cn2c(CCCl)nc3c(C)ccnc32)cc1. The molecule has 0 aliphatic rings. The highest BCUT2D eigenvalue weighted by Gasteiger charge is 2.13. The minimum atomic E-state index is 0.566. The fraction of sp³-hybridized carbons (Fsp3) is 0.294. The smallest absolute Gasteiger partial charge is 0.160 e. The number of imidazole rings is 1. The highest BCUT2D eigenvalue weighted by molar-refractivity contribution is 6.17. The van der Waals surface area contributed by atoms with Gasteiger partial charge in [-0.05, 0) is 31.0 Å². The van der Waals surface area contributed by atoms with Gasteiger partial charge in [-0.3, -0.25) is 0 Å². The van der Waals surface area contributed by atoms with Gasteiger partial charge in [0.15, 0.2) is 5.65 Å². The lowest BCUT2D eigenvalue weighted by Gasteiger charge is -2.08. The molecular weight excluding hydrogens is 282 g/mol. The molecule has 4 heteroatoms. The van der Waals surface area contributed by atoms with Gasteiger partial charge >= 0.3 is 0 Å². The summed E-state index contributed by atoms with van der Waals surface area (Å²) in [6.07, 6.45) is 2.60. The number of benzene rings is 1. The fourth-order valence-corrected chi connectivity index (χ4v) is 2.67. The van der Waals surface area contributed by atoms with Gasteiger partial charge < -0.3 is 4.57 Å². The summed E-state index contributed by atoms with van der Waals surface area (Å²) in [5.74, 6) is 1.57. The predicted octanol–water partition coefficient (Wildman–Crippen LogP) is 3.88. The predicted molar refractivity (Wildman–Crippen MR) is 87.0 cm³/mol. The van der Waals surface area contributed by atoms with E-state index < -0.39 is 0 Å². The zero-order valence-corrected chi connectivity index (χ0v) is 13.1. The summed E-state index contributed by atoms with van der Waals surface area (Å²) in [5, 5.41) is 0. The molecular formula is C17H18ClN3. The van der Waals surface area contributed by atoms with Crippen LogP contribution in [0.4, 0.5) is 0 Å². The van der Waals surface area contributed by atoms with Gasteiger partial charge in [-0.15, -0.1) is 11.6 Å². The Morgan fingerprint density at radius 2 is 1.86 bits per heavy atom. The Balaban J connectivity index is 2.08. The summed E-state index contributed by atoms with van der Waals surface area (Å²) in [7, 11) is 0. The van der Waals surface area contributed by atoms with E-state index in [9.17, 15) is 0 Å². The fourth-order valence-electron chi connectivity index (χ4n) is 2.50. The second kappa shape index (κ2) is 5.86. The number of hydrogen-bond donors (Lipinski definition) is 0. The van der Waals surface area contributed by atoms with Crippen LogP contribution in [0.3, 0.4) is 0 Å². The van der Waals surface area contributed by atoms with Crippen LogP contribution in [0.5, 0.6) is 0 Å². The minimum absolute atomic E-state index is 0.566. The highest BCUT2D eigenvalue weighted by Crippen LogP contribution is 2.20. The molecule has 0 N–H and O–H groups in total. The Kier molecular flexibility index (Phi) is 3.93. The Bertz CT molecular complexity index is 760. The molecule has 2 heterocycles. The molecule has 0 aliphatic heterocycles. The van der Waals surface area contributed by atoms with Gasteiger partial charge in [-0.1, -0.05) is 29.8 Å². The van der Waals surface area contributed by atoms with Crippen molar-refractivity contribution in [3.05, 3.63) is 59.0 Å². The number of pyridine rings is 1. The second-order valence-corrected chi connectivity index (χ2v) is 5.72. The molecule has 1 aromatic carbocycles. The van der Waals surface area contributed by atoms with Crippen LogP contribution in [0.1, 0.15) is 22.5 Å². The van der Waals surface area contributed by atoms with Crippen LogP contribution < -0.4 is 0 Å². The van der Waals surface area contributed by atoms with E-state index in [1.54, 1.807) is 0 Å². The third-order valence-corrected chi connectivity index (χ3v) is 3.88. The summed E-state index contributed by atoms with van der Waals surface area (Å²) in [6.45, 7) is 4.94. The van der Waals surface area contributed by atoms with Crippen molar-refractivity contribution in [2.75, 3.05) is 5.88 Å². The van der Waals surface area contributed by atoms with Crippen LogP contribution in [0.2, 0.25) is 0 Å². The molecule has 0 saturated heterocycles. The number of nitrogens with zero attached hydrogens (tertiary/aromatic N) is 3. The zero-order valence-electron chi connectivity index (χ0n) is 12.3. The van der Waals surface area contributed by atoms with Gasteiger partial charge in [0.2, 0.25) is 0 Å². The van der Waals surface area contributed by atoms with Gasteiger partial charge in [0, 0.05) is 18.5 Å². The van der Waals surface area contributed by atoms with Gasteiger partial charge in [-0.2, -0.15) is 0 Å². The maximum absolute atomic E-state index is 5.93. The number of aromatic nitrogens is 3. The third-order valence-electron chi connectivity index (χ3n) is 3.69. The van der Waals surface area contributed by atoms with Crippen LogP contribution >= 0.6 is 11.6 Å². The molecule has 0 unspecified atom stereocenters. The van der Waals surface area contributed by atoms with Crippen molar-refractivity contribution in [3.8, 4) is 0 Å². The normalized spacial score (nSPS) is 11.2. The quantitative estimate of drug-likeness (QED) is 0.685. The summed E-state index contributed by atoms with van der Waals surface area (Å²) in [6, 6.07) is 10.6. The Hall–Kier alpha value is -1.87. The monoisotopic (exact) mass is 299 g/mol. The Morgan fingerprint density at radius 1 is 1.10 bits per heavy atom. The molecule has 2 aromatic heterocycles. The lowest BCUT2D eigenvalue weighted by Crippen LogP contribution is -2.06. The standard InChI is InChI=1S/C17H18ClN3/c1-12-3-5-14(6-4-12)11-21-15(7-9-18)20-16-13(2)8-10-19-17(16)21/h3-6,8,10H,7,9,11H2,1-2H3. The first-order valence-corrected chi connectivity index (χ1v) is 7.64. The summed E-state index contributed by atoms with van der Waals surface area (Å²) >= 11 is 5.93. The Labute approximate surface area is 129 Å². The second-order valence-electron chi connectivity index (χ2n) is 5.34. The molecule has 3 nitrogen and oxygen atoms in total. The van der Waals surface area contributed by atoms with Crippen LogP contribution in [-0.4, -0.2) is 20.4 Å². The van der Waals surface area contributed by atoms with Crippen molar-refractivity contribution in [3.63, 3.8) is 0 Å². The molecule has 0 saturated carbocycles. The largest absolute Gasteiger partial charge is 0.308 e. The third kappa shape index (κ3) is 2.79. The molecule has 3 rings (SSSR count). The number of hydrogen-bond acceptors (Lipinski definition) is 2. The molecule has 0 amide bonds. The number of halogens is 1. The van der Waals surface area contributed by atoms with Crippen LogP contribution in [0, 0.1) is 13.8 Å². The van der Waals surface area contributed by atoms with E-state index in [2.05, 4.69) is 47.7 Å². The van der Waals surface area contributed by atoms with Crippen molar-refractivity contribution >= 4 is 22.8 Å². The van der Waals surface area contributed by atoms with E-state index in [1.807, 2.05) is 12.3 Å². The van der Waals surface area contributed by atoms with Gasteiger partial charge in [-0.25, -0.2) is 9.97 Å². The van der Waals surface area contributed by atoms with Crippen LogP contribution in [0.15, 0.2) is 36.5 Å². The first kappa shape index (κ1) is 14.1. The molecule has 21 heavy (non-hydrogen) atoms. The summed E-state index contributed by atoms with van der Waals surface area (Å²) < 4.78 is 2.18. The molecule has 0 fully saturated rings. The van der Waals surface area contributed by atoms with Crippen molar-refractivity contribution in [1.29, 1.82) is 0 Å². The van der Waals surface area contributed by atoms with E-state index in [0.29, 0.717) is 5.88 Å². The van der Waals surface area contributed by atoms with Crippen molar-refractivity contribution in [2.24, 2.45) is 0 Å². The average molecular weight is 300 g/mol. The Morgan fingerprint density at radius 3 is 2.57 bits per heavy atom. The van der Waals surface area contributed by atoms with E-state index in [1.165, 1.54) is 11.1 Å². The maximum atomic E-state index is 5.93. The average Bonchev–Trinajstić information content (AvgIpc) is 2.82. The van der Waals surface area contributed by atoms with Crippen molar-refractivity contribution in [1.82, 2.24) is 14.5 Å². The summed E-state index contributed by atoms with van der Waals surface area (Å²) in [4.78, 5) is 9.25. The van der Waals surface area contributed by atoms with Crippen molar-refractivity contribution < 1.29 is 0 Å². The zero-order chi connectivity index (χ0) is 14.8. The molecule has 0 bridgehead atoms. The molecule has 0 aliphatic carbocycles. The lowest BCUT2D eigenvalue weighted by atomic mass is 10.1. The van der Waals surface area contributed by atoms with E-state index >= 15 is 0 Å². The first-order chi connectivity index (χ1) is 10.2. The number of alkyl halides is 1. The van der Waals surface area contributed by atoms with Gasteiger partial charge in [0.1, 0.15) is 11.3 Å². The molecule has 108 valence electrons. The first-order valence-electron chi connectivity index (χ1n) is 7.11. The van der Waals surface area contributed by atoms with Gasteiger partial charge in [0.05, 0.1) is 6.54 Å². The van der Waals surface area contributed by atoms with Crippen LogP contribution in [-0.2, 0) is 13.0 Å². The van der Waals surface area contributed by atoms with Crippen LogP contribution in [0.25, 0.3) is 11.2 Å². The molecule has 0 spiro atoms. The molecule has 0 atom stereocenters. The molecule has 0 radical (unpaired) electrons. The number of fused-ring (bicyclic) bond motifs is 1. The number of aryl methyl sites for hydroxylation is 3. The highest BCUT2D eigenvalue weighted by atomic mass is 35.5. The molecule has 3 aromatic rings. The van der Waals surface area contributed by atoms with Crippen molar-refractivity contribution in [2.45, 2.75) is 26.8 Å². The van der Waals surface area contributed by atoms with E-state index in [0.717, 1.165) is 35.5 Å². The van der Waals surface area contributed by atoms with E-state index in [-0.39, 0.29) is 0 Å². The van der Waals surface area contributed by atoms with E-state index in [4.69, 9.17) is 16.6 Å². The topological polar surface area (TPSA) is 30.7 Å².